The first-order valence-corrected chi connectivity index (χ1v) is 2.09. The van der Waals surface area contributed by atoms with Crippen molar-refractivity contribution in [3.05, 3.63) is 0 Å². The Hall–Kier alpha value is -0.465. The second-order valence-electron chi connectivity index (χ2n) is 1.07. The van der Waals surface area contributed by atoms with Crippen LogP contribution in [0.5, 0.6) is 0 Å². The van der Waals surface area contributed by atoms with E-state index in [0.29, 0.717) is 6.41 Å². The molecular formula is C3H8BNO. The Morgan fingerprint density at radius 1 is 1.83 bits per heavy atom. The highest BCUT2D eigenvalue weighted by Crippen LogP contribution is 1.58. The van der Waals surface area contributed by atoms with Gasteiger partial charge >= 0.3 is 0 Å². The topological polar surface area (TPSA) is 29.1 Å². The molecule has 3 heteroatoms. The summed E-state index contributed by atoms with van der Waals surface area (Å²) < 4.78 is 0. The number of carbonyl (C=O) groups excluding carboxylic acids is 1. The van der Waals surface area contributed by atoms with E-state index in [4.69, 9.17) is 0 Å². The standard InChI is InChI=1S/C3H8BNO/c4-1-2-5-3-6/h3H,1-2,4H2,(H,5,6). The van der Waals surface area contributed by atoms with Crippen molar-refractivity contribution in [2.24, 2.45) is 0 Å². The zero-order chi connectivity index (χ0) is 4.83. The van der Waals surface area contributed by atoms with E-state index in [9.17, 15) is 4.79 Å². The van der Waals surface area contributed by atoms with Crippen molar-refractivity contribution in [1.29, 1.82) is 0 Å². The highest BCUT2D eigenvalue weighted by Gasteiger charge is 1.70. The van der Waals surface area contributed by atoms with Crippen molar-refractivity contribution in [3.63, 3.8) is 0 Å². The molecule has 0 saturated heterocycles. The average molecular weight is 84.9 g/mol. The van der Waals surface area contributed by atoms with Gasteiger partial charge in [0.1, 0.15) is 7.85 Å². The van der Waals surface area contributed by atoms with E-state index in [1.807, 2.05) is 7.85 Å². The fourth-order valence-electron chi connectivity index (χ4n) is 0.203. The first kappa shape index (κ1) is 5.53. The molecule has 0 aliphatic carbocycles. The maximum Gasteiger partial charge on any atom is 0.207 e. The van der Waals surface area contributed by atoms with Gasteiger partial charge in [-0.15, -0.1) is 0 Å². The first-order chi connectivity index (χ1) is 2.91. The predicted octanol–water partition coefficient (Wildman–Crippen LogP) is -1.22. The van der Waals surface area contributed by atoms with E-state index in [1.54, 1.807) is 0 Å². The van der Waals surface area contributed by atoms with Gasteiger partial charge in [0, 0.05) is 6.54 Å². The van der Waals surface area contributed by atoms with Crippen LogP contribution in [0.3, 0.4) is 0 Å². The molecule has 0 rings (SSSR count). The van der Waals surface area contributed by atoms with E-state index < -0.39 is 0 Å². The molecule has 1 N–H and O–H groups in total. The minimum Gasteiger partial charge on any atom is -0.359 e. The van der Waals surface area contributed by atoms with Gasteiger partial charge in [0.15, 0.2) is 0 Å². The van der Waals surface area contributed by atoms with Crippen LogP contribution in [0.2, 0.25) is 6.32 Å². The summed E-state index contributed by atoms with van der Waals surface area (Å²) in [5.41, 5.74) is 0. The maximum atomic E-state index is 9.45. The summed E-state index contributed by atoms with van der Waals surface area (Å²) in [7, 11) is 2.01. The second-order valence-corrected chi connectivity index (χ2v) is 1.07. The van der Waals surface area contributed by atoms with Gasteiger partial charge in [-0.25, -0.2) is 0 Å². The molecule has 0 atom stereocenters. The molecule has 0 spiro atoms. The molecule has 0 aliphatic rings. The lowest BCUT2D eigenvalue weighted by molar-refractivity contribution is -0.109. The van der Waals surface area contributed by atoms with Gasteiger partial charge in [-0.05, 0) is 0 Å². The fraction of sp³-hybridized carbons (Fsp3) is 0.667. The van der Waals surface area contributed by atoms with Gasteiger partial charge in [-0.1, -0.05) is 6.32 Å². The molecule has 6 heavy (non-hydrogen) atoms. The molecule has 0 aromatic carbocycles. The molecule has 34 valence electrons. The number of carbonyl (C=O) groups is 1. The lowest BCUT2D eigenvalue weighted by atomic mass is 10.1. The Kier molecular flexibility index (Phi) is 4.18. The summed E-state index contributed by atoms with van der Waals surface area (Å²) >= 11 is 0. The SMILES string of the molecule is BCCNC=O. The third kappa shape index (κ3) is 3.53. The first-order valence-electron chi connectivity index (χ1n) is 2.09. The van der Waals surface area contributed by atoms with E-state index >= 15 is 0 Å². The number of nitrogens with one attached hydrogen (secondary N) is 1. The third-order valence-electron chi connectivity index (χ3n) is 0.478. The summed E-state index contributed by atoms with van der Waals surface area (Å²) in [6.45, 7) is 0.795. The minimum atomic E-state index is 0.712. The zero-order valence-electron chi connectivity index (χ0n) is 3.90. The molecule has 0 fully saturated rings. The highest BCUT2D eigenvalue weighted by atomic mass is 16.1. The van der Waals surface area contributed by atoms with Crippen LogP contribution in [-0.4, -0.2) is 20.8 Å². The van der Waals surface area contributed by atoms with Crippen molar-refractivity contribution in [2.45, 2.75) is 6.32 Å². The van der Waals surface area contributed by atoms with Crippen molar-refractivity contribution in [1.82, 2.24) is 5.32 Å². The number of hydrogen-bond acceptors (Lipinski definition) is 1. The molecule has 0 aliphatic heterocycles. The average Bonchev–Trinajstić information content (AvgIpc) is 1.61. The summed E-state index contributed by atoms with van der Waals surface area (Å²) in [6.07, 6.45) is 1.72. The molecule has 0 heterocycles. The summed E-state index contributed by atoms with van der Waals surface area (Å²) in [4.78, 5) is 9.45. The van der Waals surface area contributed by atoms with Crippen LogP contribution in [0.15, 0.2) is 0 Å². The number of hydrogen-bond donors (Lipinski definition) is 1. The van der Waals surface area contributed by atoms with Crippen LogP contribution in [0, 0.1) is 0 Å². The van der Waals surface area contributed by atoms with Gasteiger partial charge in [-0.2, -0.15) is 0 Å². The van der Waals surface area contributed by atoms with Gasteiger partial charge in [0.2, 0.25) is 6.41 Å². The molecule has 0 aromatic heterocycles. The quantitative estimate of drug-likeness (QED) is 0.260. The van der Waals surface area contributed by atoms with Crippen LogP contribution in [0.1, 0.15) is 0 Å². The van der Waals surface area contributed by atoms with Gasteiger partial charge in [-0.3, -0.25) is 4.79 Å². The third-order valence-corrected chi connectivity index (χ3v) is 0.478. The zero-order valence-corrected chi connectivity index (χ0v) is 3.90. The van der Waals surface area contributed by atoms with Crippen molar-refractivity contribution in [3.8, 4) is 0 Å². The Balaban J connectivity index is 2.49. The molecule has 0 aromatic rings. The monoisotopic (exact) mass is 85.1 g/mol. The summed E-state index contributed by atoms with van der Waals surface area (Å²) in [5.74, 6) is 0. The minimum absolute atomic E-state index is 0.712. The Bertz CT molecular complexity index is 39.8. The van der Waals surface area contributed by atoms with Crippen LogP contribution in [-0.2, 0) is 4.79 Å². The Morgan fingerprint density at radius 2 is 2.50 bits per heavy atom. The highest BCUT2D eigenvalue weighted by molar-refractivity contribution is 6.08. The summed E-state index contributed by atoms with van der Waals surface area (Å²) in [5, 5.41) is 2.52. The lowest BCUT2D eigenvalue weighted by Crippen LogP contribution is -2.10. The van der Waals surface area contributed by atoms with Crippen LogP contribution < -0.4 is 5.32 Å². The van der Waals surface area contributed by atoms with Gasteiger partial charge < -0.3 is 5.32 Å². The van der Waals surface area contributed by atoms with E-state index in [1.165, 1.54) is 0 Å². The maximum absolute atomic E-state index is 9.45. The van der Waals surface area contributed by atoms with Gasteiger partial charge in [0.05, 0.1) is 0 Å². The molecule has 1 amide bonds. The molecule has 0 saturated carbocycles. The summed E-state index contributed by atoms with van der Waals surface area (Å²) in [6, 6.07) is 0. The predicted molar refractivity (Wildman–Crippen MR) is 27.4 cm³/mol. The molecule has 0 bridgehead atoms. The van der Waals surface area contributed by atoms with Crippen LogP contribution in [0.25, 0.3) is 0 Å². The molecule has 2 nitrogen and oxygen atoms in total. The lowest BCUT2D eigenvalue weighted by Gasteiger charge is -1.85. The number of amides is 1. The smallest absolute Gasteiger partial charge is 0.207 e. The second kappa shape index (κ2) is 4.53. The van der Waals surface area contributed by atoms with Crippen LogP contribution >= 0.6 is 0 Å². The fourth-order valence-corrected chi connectivity index (χ4v) is 0.203. The van der Waals surface area contributed by atoms with Crippen molar-refractivity contribution in [2.75, 3.05) is 6.54 Å². The van der Waals surface area contributed by atoms with E-state index in [0.717, 1.165) is 12.9 Å². The Morgan fingerprint density at radius 3 is 2.67 bits per heavy atom. The molecule has 0 radical (unpaired) electrons. The normalized spacial score (nSPS) is 7.33. The largest absolute Gasteiger partial charge is 0.359 e. The van der Waals surface area contributed by atoms with Crippen LogP contribution in [0.4, 0.5) is 0 Å². The number of rotatable bonds is 3. The molecular weight excluding hydrogens is 76.9 g/mol. The Labute approximate surface area is 38.3 Å². The van der Waals surface area contributed by atoms with Crippen molar-refractivity contribution >= 4 is 14.3 Å². The van der Waals surface area contributed by atoms with E-state index in [2.05, 4.69) is 5.32 Å². The molecule has 0 unspecified atom stereocenters. The van der Waals surface area contributed by atoms with Crippen molar-refractivity contribution < 1.29 is 4.79 Å². The van der Waals surface area contributed by atoms with E-state index in [-0.39, 0.29) is 0 Å². The van der Waals surface area contributed by atoms with Gasteiger partial charge in [0.25, 0.3) is 0 Å².